The van der Waals surface area contributed by atoms with Crippen molar-refractivity contribution in [2.24, 2.45) is 0 Å². The molecule has 0 aliphatic heterocycles. The number of rotatable bonds is 7. The summed E-state index contributed by atoms with van der Waals surface area (Å²) in [5, 5.41) is 3.84. The largest absolute Gasteiger partial charge is 0.361 e. The quantitative estimate of drug-likeness (QED) is 0.726. The number of hydrogen-bond acceptors (Lipinski definition) is 5. The summed E-state index contributed by atoms with van der Waals surface area (Å²) in [7, 11) is 3.30. The normalized spacial score (nSPS) is 10.4. The topological polar surface area (TPSA) is 79.5 Å². The van der Waals surface area contributed by atoms with Crippen LogP contribution in [0.1, 0.15) is 28.2 Å². The maximum Gasteiger partial charge on any atom is 0.257 e. The first kappa shape index (κ1) is 16.7. The Hall–Kier alpha value is -2.70. The van der Waals surface area contributed by atoms with Crippen LogP contribution in [0.4, 0.5) is 5.82 Å². The molecule has 2 amide bonds. The van der Waals surface area contributed by atoms with Crippen LogP contribution in [0.15, 0.2) is 28.9 Å². The number of anilines is 1. The van der Waals surface area contributed by atoms with Gasteiger partial charge in [0.05, 0.1) is 11.3 Å². The number of pyridine rings is 1. The van der Waals surface area contributed by atoms with E-state index in [1.54, 1.807) is 37.3 Å². The highest BCUT2D eigenvalue weighted by atomic mass is 16.5. The molecular weight excluding hydrogens is 296 g/mol. The minimum atomic E-state index is -0.171. The lowest BCUT2D eigenvalue weighted by Crippen LogP contribution is -2.30. The van der Waals surface area contributed by atoms with Gasteiger partial charge in [0.2, 0.25) is 6.41 Å². The van der Waals surface area contributed by atoms with Crippen molar-refractivity contribution in [3.8, 4) is 0 Å². The third-order valence-corrected chi connectivity index (χ3v) is 3.45. The van der Waals surface area contributed by atoms with Gasteiger partial charge in [-0.15, -0.1) is 0 Å². The van der Waals surface area contributed by atoms with Crippen LogP contribution in [0, 0.1) is 6.92 Å². The molecule has 0 N–H and O–H groups in total. The molecule has 2 heterocycles. The summed E-state index contributed by atoms with van der Waals surface area (Å²) < 4.78 is 5.15. The zero-order chi connectivity index (χ0) is 16.8. The number of carbonyl (C=O) groups is 2. The molecule has 0 spiro atoms. The number of aromatic nitrogens is 2. The smallest absolute Gasteiger partial charge is 0.257 e. The summed E-state index contributed by atoms with van der Waals surface area (Å²) in [6.07, 6.45) is 3.66. The van der Waals surface area contributed by atoms with Crippen LogP contribution in [0.25, 0.3) is 0 Å². The third-order valence-electron chi connectivity index (χ3n) is 3.45. The highest BCUT2D eigenvalue weighted by Gasteiger charge is 2.18. The van der Waals surface area contributed by atoms with Gasteiger partial charge in [-0.3, -0.25) is 9.59 Å². The molecule has 0 aliphatic rings. The van der Waals surface area contributed by atoms with E-state index in [1.165, 1.54) is 4.90 Å². The first-order chi connectivity index (χ1) is 11.0. The van der Waals surface area contributed by atoms with E-state index >= 15 is 0 Å². The second kappa shape index (κ2) is 7.53. The lowest BCUT2D eigenvalue weighted by Gasteiger charge is -2.20. The predicted octanol–water partition coefficient (Wildman–Crippen LogP) is 1.68. The Balaban J connectivity index is 1.98. The minimum absolute atomic E-state index is 0.171. The zero-order valence-electron chi connectivity index (χ0n) is 13.5. The van der Waals surface area contributed by atoms with E-state index in [4.69, 9.17) is 4.52 Å². The molecule has 0 aliphatic carbocycles. The van der Waals surface area contributed by atoms with Crippen LogP contribution >= 0.6 is 0 Å². The molecule has 0 radical (unpaired) electrons. The van der Waals surface area contributed by atoms with Crippen molar-refractivity contribution in [3.05, 3.63) is 41.4 Å². The first-order valence-electron chi connectivity index (χ1n) is 7.33. The molecule has 0 aromatic carbocycles. The highest BCUT2D eigenvalue weighted by Crippen LogP contribution is 2.17. The van der Waals surface area contributed by atoms with E-state index in [1.807, 2.05) is 13.0 Å². The summed E-state index contributed by atoms with van der Waals surface area (Å²) >= 11 is 0. The van der Waals surface area contributed by atoms with Crippen LogP contribution in [-0.4, -0.2) is 48.0 Å². The number of nitrogens with zero attached hydrogens (tertiary/aromatic N) is 4. The Morgan fingerprint density at radius 2 is 2.17 bits per heavy atom. The van der Waals surface area contributed by atoms with Gasteiger partial charge in [0.15, 0.2) is 0 Å². The van der Waals surface area contributed by atoms with Gasteiger partial charge in [0.1, 0.15) is 11.6 Å². The molecule has 2 rings (SSSR count). The zero-order valence-corrected chi connectivity index (χ0v) is 13.5. The maximum absolute atomic E-state index is 12.5. The molecule has 2 aromatic heterocycles. The van der Waals surface area contributed by atoms with Crippen molar-refractivity contribution in [2.75, 3.05) is 25.5 Å². The Morgan fingerprint density at radius 3 is 2.83 bits per heavy atom. The van der Waals surface area contributed by atoms with Crippen molar-refractivity contribution in [1.82, 2.24) is 15.0 Å². The van der Waals surface area contributed by atoms with E-state index in [-0.39, 0.29) is 5.91 Å². The summed E-state index contributed by atoms with van der Waals surface area (Å²) in [6, 6.07) is 5.24. The van der Waals surface area contributed by atoms with Crippen LogP contribution in [0.5, 0.6) is 0 Å². The third kappa shape index (κ3) is 4.15. The van der Waals surface area contributed by atoms with Crippen molar-refractivity contribution in [2.45, 2.75) is 19.8 Å². The van der Waals surface area contributed by atoms with Crippen LogP contribution < -0.4 is 4.90 Å². The van der Waals surface area contributed by atoms with E-state index in [0.717, 1.165) is 17.9 Å². The minimum Gasteiger partial charge on any atom is -0.361 e. The second-order valence-corrected chi connectivity index (χ2v) is 5.36. The summed E-state index contributed by atoms with van der Waals surface area (Å²) in [6.45, 7) is 2.44. The van der Waals surface area contributed by atoms with Gasteiger partial charge in [-0.1, -0.05) is 5.16 Å². The van der Waals surface area contributed by atoms with Crippen molar-refractivity contribution < 1.29 is 14.1 Å². The SMILES string of the molecule is Cc1cc(CCCN(C)C(=O)c2cccnc2N(C)C=O)on1. The Bertz CT molecular complexity index is 683. The highest BCUT2D eigenvalue weighted by molar-refractivity contribution is 6.00. The molecule has 0 unspecified atom stereocenters. The average molecular weight is 316 g/mol. The number of aryl methyl sites for hydroxylation is 2. The van der Waals surface area contributed by atoms with Crippen LogP contribution in [-0.2, 0) is 11.2 Å². The van der Waals surface area contributed by atoms with E-state index < -0.39 is 0 Å². The van der Waals surface area contributed by atoms with Gasteiger partial charge >= 0.3 is 0 Å². The maximum atomic E-state index is 12.5. The fourth-order valence-electron chi connectivity index (χ4n) is 2.23. The molecular formula is C16H20N4O3. The molecule has 0 bridgehead atoms. The second-order valence-electron chi connectivity index (χ2n) is 5.36. The number of hydrogen-bond donors (Lipinski definition) is 0. The van der Waals surface area contributed by atoms with Gasteiger partial charge in [0, 0.05) is 39.3 Å². The Kier molecular flexibility index (Phi) is 5.46. The molecule has 0 saturated carbocycles. The fraction of sp³-hybridized carbons (Fsp3) is 0.375. The standard InChI is InChI=1S/C16H20N4O3/c1-12-10-13(23-18-12)6-5-9-19(2)16(22)14-7-4-8-17-15(14)20(3)11-21/h4,7-8,10-11H,5-6,9H2,1-3H3. The summed E-state index contributed by atoms with van der Waals surface area (Å²) in [5.41, 5.74) is 1.25. The summed E-state index contributed by atoms with van der Waals surface area (Å²) in [5.74, 6) is 0.992. The van der Waals surface area contributed by atoms with Gasteiger partial charge < -0.3 is 14.3 Å². The van der Waals surface area contributed by atoms with Crippen LogP contribution in [0.2, 0.25) is 0 Å². The van der Waals surface area contributed by atoms with Gasteiger partial charge in [-0.25, -0.2) is 4.98 Å². The Labute approximate surface area is 134 Å². The fourth-order valence-corrected chi connectivity index (χ4v) is 2.23. The number of amides is 2. The molecule has 7 nitrogen and oxygen atoms in total. The van der Waals surface area contributed by atoms with Gasteiger partial charge in [0.25, 0.3) is 5.91 Å². The lowest BCUT2D eigenvalue weighted by atomic mass is 10.2. The monoisotopic (exact) mass is 316 g/mol. The molecule has 23 heavy (non-hydrogen) atoms. The van der Waals surface area contributed by atoms with Gasteiger partial charge in [-0.05, 0) is 25.5 Å². The van der Waals surface area contributed by atoms with Crippen molar-refractivity contribution in [1.29, 1.82) is 0 Å². The molecule has 2 aromatic rings. The molecule has 122 valence electrons. The predicted molar refractivity (Wildman–Crippen MR) is 85.2 cm³/mol. The van der Waals surface area contributed by atoms with E-state index in [0.29, 0.717) is 30.8 Å². The van der Waals surface area contributed by atoms with Crippen molar-refractivity contribution >= 4 is 18.1 Å². The van der Waals surface area contributed by atoms with Crippen molar-refractivity contribution in [3.63, 3.8) is 0 Å². The number of carbonyl (C=O) groups excluding carboxylic acids is 2. The lowest BCUT2D eigenvalue weighted by molar-refractivity contribution is -0.107. The molecule has 7 heteroatoms. The van der Waals surface area contributed by atoms with E-state index in [2.05, 4.69) is 10.1 Å². The van der Waals surface area contributed by atoms with E-state index in [9.17, 15) is 9.59 Å². The average Bonchev–Trinajstić information content (AvgIpc) is 2.98. The Morgan fingerprint density at radius 1 is 1.39 bits per heavy atom. The first-order valence-corrected chi connectivity index (χ1v) is 7.33. The molecule has 0 fully saturated rings. The van der Waals surface area contributed by atoms with Gasteiger partial charge in [-0.2, -0.15) is 0 Å². The molecule has 0 atom stereocenters. The summed E-state index contributed by atoms with van der Waals surface area (Å²) in [4.78, 5) is 30.5. The molecule has 0 saturated heterocycles. The van der Waals surface area contributed by atoms with Crippen LogP contribution in [0.3, 0.4) is 0 Å².